The number of unbranched alkanes of at least 4 members (excludes halogenated alkanes) is 2. The van der Waals surface area contributed by atoms with Crippen LogP contribution in [0.2, 0.25) is 5.02 Å². The van der Waals surface area contributed by atoms with Gasteiger partial charge in [-0.25, -0.2) is 0 Å². The van der Waals surface area contributed by atoms with Gasteiger partial charge in [-0.1, -0.05) is 43.5 Å². The van der Waals surface area contributed by atoms with Crippen molar-refractivity contribution in [3.05, 3.63) is 64.7 Å². The topological polar surface area (TPSA) is 79.5 Å². The van der Waals surface area contributed by atoms with E-state index in [-0.39, 0.29) is 5.11 Å². The molecule has 6 nitrogen and oxygen atoms in total. The molecule has 0 aliphatic rings. The molecule has 0 aliphatic carbocycles. The number of nitrogens with one attached hydrogen (secondary N) is 3. The maximum atomic E-state index is 12.2. The SMILES string of the molecule is CCCCCOc1ccc(C(=O)NC(=S)NNC(=O)c2ccccc2Cl)cc1. The number of carbonyl (C=O) groups is 2. The Morgan fingerprint density at radius 3 is 2.39 bits per heavy atom. The smallest absolute Gasteiger partial charge is 0.271 e. The number of benzene rings is 2. The summed E-state index contributed by atoms with van der Waals surface area (Å²) in [5.41, 5.74) is 5.58. The number of hydrogen-bond donors (Lipinski definition) is 3. The predicted octanol–water partition coefficient (Wildman–Crippen LogP) is 3.86. The van der Waals surface area contributed by atoms with Crippen LogP contribution in [0.15, 0.2) is 48.5 Å². The molecule has 0 bridgehead atoms. The quantitative estimate of drug-likeness (QED) is 0.361. The first-order chi connectivity index (χ1) is 13.5. The summed E-state index contributed by atoms with van der Waals surface area (Å²) >= 11 is 11.0. The first kappa shape index (κ1) is 21.7. The Morgan fingerprint density at radius 1 is 1.00 bits per heavy atom. The fourth-order valence-electron chi connectivity index (χ4n) is 2.28. The highest BCUT2D eigenvalue weighted by molar-refractivity contribution is 7.80. The van der Waals surface area contributed by atoms with Gasteiger partial charge in [-0.15, -0.1) is 0 Å². The zero-order chi connectivity index (χ0) is 20.4. The average molecular weight is 420 g/mol. The number of carbonyl (C=O) groups excluding carboxylic acids is 2. The van der Waals surface area contributed by atoms with Crippen LogP contribution in [0.4, 0.5) is 0 Å². The minimum atomic E-state index is -0.466. The highest BCUT2D eigenvalue weighted by Gasteiger charge is 2.11. The molecule has 0 aliphatic heterocycles. The molecule has 2 aromatic rings. The summed E-state index contributed by atoms with van der Waals surface area (Å²) in [7, 11) is 0. The number of thiocarbonyl (C=S) groups is 1. The van der Waals surface area contributed by atoms with Crippen LogP contribution in [-0.4, -0.2) is 23.5 Å². The van der Waals surface area contributed by atoms with Crippen molar-refractivity contribution in [2.45, 2.75) is 26.2 Å². The minimum absolute atomic E-state index is 0.0368. The molecule has 0 heterocycles. The molecular weight excluding hydrogens is 398 g/mol. The van der Waals surface area contributed by atoms with E-state index in [2.05, 4.69) is 23.1 Å². The molecule has 2 rings (SSSR count). The van der Waals surface area contributed by atoms with Crippen LogP contribution in [0.5, 0.6) is 5.75 Å². The van der Waals surface area contributed by atoms with Crippen molar-refractivity contribution in [2.24, 2.45) is 0 Å². The zero-order valence-electron chi connectivity index (χ0n) is 15.5. The van der Waals surface area contributed by atoms with Crippen LogP contribution in [-0.2, 0) is 0 Å². The van der Waals surface area contributed by atoms with Crippen LogP contribution < -0.4 is 20.9 Å². The van der Waals surface area contributed by atoms with Gasteiger partial charge in [-0.3, -0.25) is 25.8 Å². The summed E-state index contributed by atoms with van der Waals surface area (Å²) in [4.78, 5) is 24.3. The third kappa shape index (κ3) is 6.83. The standard InChI is InChI=1S/C20H22ClN3O3S/c1-2-3-6-13-27-15-11-9-14(10-12-15)18(25)22-20(28)24-23-19(26)16-7-4-5-8-17(16)21/h4-5,7-12H,2-3,6,13H2,1H3,(H,23,26)(H2,22,24,25,28). The van der Waals surface area contributed by atoms with Crippen molar-refractivity contribution in [3.63, 3.8) is 0 Å². The van der Waals surface area contributed by atoms with Crippen molar-refractivity contribution in [3.8, 4) is 5.75 Å². The fourth-order valence-corrected chi connectivity index (χ4v) is 2.64. The molecule has 0 fully saturated rings. The molecular formula is C20H22ClN3O3S. The number of halogens is 1. The molecule has 0 saturated carbocycles. The maximum Gasteiger partial charge on any atom is 0.271 e. The van der Waals surface area contributed by atoms with Gasteiger partial charge in [0.05, 0.1) is 17.2 Å². The van der Waals surface area contributed by atoms with Gasteiger partial charge in [0.15, 0.2) is 5.11 Å². The van der Waals surface area contributed by atoms with Gasteiger partial charge < -0.3 is 4.74 Å². The third-order valence-electron chi connectivity index (χ3n) is 3.77. The lowest BCUT2D eigenvalue weighted by atomic mass is 10.2. The third-order valence-corrected chi connectivity index (χ3v) is 4.30. The van der Waals surface area contributed by atoms with Gasteiger partial charge in [-0.05, 0) is 55.0 Å². The summed E-state index contributed by atoms with van der Waals surface area (Å²) in [5, 5.41) is 2.77. The first-order valence-corrected chi connectivity index (χ1v) is 9.69. The molecule has 28 heavy (non-hydrogen) atoms. The largest absolute Gasteiger partial charge is 0.494 e. The Bertz CT molecular complexity index is 828. The number of ether oxygens (including phenoxy) is 1. The van der Waals surface area contributed by atoms with Crippen LogP contribution in [0, 0.1) is 0 Å². The predicted molar refractivity (Wildman–Crippen MR) is 114 cm³/mol. The molecule has 3 N–H and O–H groups in total. The normalized spacial score (nSPS) is 10.1. The number of rotatable bonds is 7. The van der Waals surface area contributed by atoms with Crippen molar-refractivity contribution < 1.29 is 14.3 Å². The van der Waals surface area contributed by atoms with Crippen molar-refractivity contribution in [2.75, 3.05) is 6.61 Å². The second-order valence-corrected chi connectivity index (χ2v) is 6.74. The molecule has 148 valence electrons. The van der Waals surface area contributed by atoms with Crippen LogP contribution in [0.3, 0.4) is 0 Å². The Kier molecular flexibility index (Phi) is 8.71. The van der Waals surface area contributed by atoms with E-state index in [1.165, 1.54) is 0 Å². The molecule has 0 aromatic heterocycles. The van der Waals surface area contributed by atoms with E-state index in [0.717, 1.165) is 19.3 Å². The molecule has 2 aromatic carbocycles. The molecule has 0 saturated heterocycles. The Hall–Kier alpha value is -2.64. The van der Waals surface area contributed by atoms with E-state index in [1.54, 1.807) is 48.5 Å². The summed E-state index contributed by atoms with van der Waals surface area (Å²) in [6.45, 7) is 2.79. The molecule has 8 heteroatoms. The van der Waals surface area contributed by atoms with E-state index in [1.807, 2.05) is 0 Å². The zero-order valence-corrected chi connectivity index (χ0v) is 17.0. The lowest BCUT2D eigenvalue weighted by molar-refractivity contribution is 0.0934. The second-order valence-electron chi connectivity index (χ2n) is 5.92. The van der Waals surface area contributed by atoms with Crippen molar-refractivity contribution in [1.82, 2.24) is 16.2 Å². The highest BCUT2D eigenvalue weighted by Crippen LogP contribution is 2.14. The molecule has 0 unspecified atom stereocenters. The lowest BCUT2D eigenvalue weighted by Gasteiger charge is -2.12. The maximum absolute atomic E-state index is 12.2. The van der Waals surface area contributed by atoms with E-state index in [9.17, 15) is 9.59 Å². The van der Waals surface area contributed by atoms with Crippen molar-refractivity contribution >= 4 is 40.7 Å². The Labute approximate surface area is 174 Å². The molecule has 0 radical (unpaired) electrons. The summed E-state index contributed by atoms with van der Waals surface area (Å²) in [5.74, 6) is -0.158. The van der Waals surface area contributed by atoms with Gasteiger partial charge >= 0.3 is 0 Å². The fraction of sp³-hybridized carbons (Fsp3) is 0.250. The van der Waals surface area contributed by atoms with Gasteiger partial charge in [0, 0.05) is 5.56 Å². The van der Waals surface area contributed by atoms with Gasteiger partial charge in [0.25, 0.3) is 11.8 Å². The van der Waals surface area contributed by atoms with Gasteiger partial charge in [-0.2, -0.15) is 0 Å². The number of amides is 2. The van der Waals surface area contributed by atoms with Gasteiger partial charge in [0.1, 0.15) is 5.75 Å². The lowest BCUT2D eigenvalue weighted by Crippen LogP contribution is -2.48. The van der Waals surface area contributed by atoms with E-state index >= 15 is 0 Å². The first-order valence-electron chi connectivity index (χ1n) is 8.90. The van der Waals surface area contributed by atoms with E-state index < -0.39 is 11.8 Å². The number of hydrazine groups is 1. The monoisotopic (exact) mass is 419 g/mol. The average Bonchev–Trinajstić information content (AvgIpc) is 2.70. The Balaban J connectivity index is 1.79. The van der Waals surface area contributed by atoms with E-state index in [4.69, 9.17) is 28.6 Å². The van der Waals surface area contributed by atoms with Gasteiger partial charge in [0.2, 0.25) is 0 Å². The van der Waals surface area contributed by atoms with E-state index in [0.29, 0.717) is 28.5 Å². The molecule has 0 atom stereocenters. The highest BCUT2D eigenvalue weighted by atomic mass is 35.5. The van der Waals surface area contributed by atoms with Crippen LogP contribution >= 0.6 is 23.8 Å². The Morgan fingerprint density at radius 2 is 1.71 bits per heavy atom. The molecule has 2 amide bonds. The second kappa shape index (κ2) is 11.3. The summed E-state index contributed by atoms with van der Waals surface area (Å²) in [6, 6.07) is 13.4. The molecule has 0 spiro atoms. The van der Waals surface area contributed by atoms with Crippen molar-refractivity contribution in [1.29, 1.82) is 0 Å². The summed E-state index contributed by atoms with van der Waals surface area (Å²) < 4.78 is 5.61. The summed E-state index contributed by atoms with van der Waals surface area (Å²) in [6.07, 6.45) is 3.26. The number of hydrogen-bond acceptors (Lipinski definition) is 4. The van der Waals surface area contributed by atoms with Crippen LogP contribution in [0.1, 0.15) is 46.9 Å². The minimum Gasteiger partial charge on any atom is -0.494 e. The van der Waals surface area contributed by atoms with Crippen LogP contribution in [0.25, 0.3) is 0 Å².